The summed E-state index contributed by atoms with van der Waals surface area (Å²) in [5, 5.41) is 2.69. The summed E-state index contributed by atoms with van der Waals surface area (Å²) in [6.45, 7) is 2.37. The summed E-state index contributed by atoms with van der Waals surface area (Å²) in [6, 6.07) is 16.1. The van der Waals surface area contributed by atoms with E-state index in [4.69, 9.17) is 0 Å². The van der Waals surface area contributed by atoms with Gasteiger partial charge in [0.25, 0.3) is 11.5 Å². The van der Waals surface area contributed by atoms with Gasteiger partial charge >= 0.3 is 0 Å². The highest BCUT2D eigenvalue weighted by Gasteiger charge is 2.09. The number of hydrogen-bond acceptors (Lipinski definition) is 2. The van der Waals surface area contributed by atoms with Crippen molar-refractivity contribution >= 4 is 11.6 Å². The first-order valence-corrected chi connectivity index (χ1v) is 7.85. The lowest BCUT2D eigenvalue weighted by molar-refractivity contribution is 0.102. The van der Waals surface area contributed by atoms with Crippen molar-refractivity contribution in [3.8, 4) is 0 Å². The first-order chi connectivity index (χ1) is 12.0. The third kappa shape index (κ3) is 4.01. The van der Waals surface area contributed by atoms with Gasteiger partial charge in [-0.25, -0.2) is 4.39 Å². The minimum absolute atomic E-state index is 0.179. The van der Waals surface area contributed by atoms with Crippen LogP contribution in [0.1, 0.15) is 21.5 Å². The van der Waals surface area contributed by atoms with Crippen LogP contribution in [0, 0.1) is 12.7 Å². The maximum atomic E-state index is 12.9. The average molecular weight is 336 g/mol. The number of nitrogens with zero attached hydrogens (tertiary/aromatic N) is 1. The van der Waals surface area contributed by atoms with Crippen LogP contribution in [-0.4, -0.2) is 10.5 Å². The molecule has 1 N–H and O–H groups in total. The van der Waals surface area contributed by atoms with Gasteiger partial charge in [0.2, 0.25) is 0 Å². The second kappa shape index (κ2) is 7.13. The van der Waals surface area contributed by atoms with Gasteiger partial charge in [0.1, 0.15) is 5.82 Å². The lowest BCUT2D eigenvalue weighted by Gasteiger charge is -2.11. The molecule has 0 aliphatic rings. The summed E-state index contributed by atoms with van der Waals surface area (Å²) in [5.41, 5.74) is 2.76. The molecule has 0 aliphatic heterocycles. The molecule has 1 heterocycles. The second-order valence-electron chi connectivity index (χ2n) is 5.77. The molecule has 2 aromatic carbocycles. The van der Waals surface area contributed by atoms with Crippen molar-refractivity contribution in [2.75, 3.05) is 5.32 Å². The predicted octanol–water partition coefficient (Wildman–Crippen LogP) is 3.60. The summed E-state index contributed by atoms with van der Waals surface area (Å²) in [7, 11) is 0. The van der Waals surface area contributed by atoms with E-state index < -0.39 is 0 Å². The van der Waals surface area contributed by atoms with Crippen molar-refractivity contribution in [2.45, 2.75) is 13.5 Å². The zero-order valence-electron chi connectivity index (χ0n) is 13.7. The van der Waals surface area contributed by atoms with E-state index in [-0.39, 0.29) is 17.3 Å². The Labute approximate surface area is 144 Å². The summed E-state index contributed by atoms with van der Waals surface area (Å²) in [4.78, 5) is 24.5. The Balaban J connectivity index is 1.83. The fourth-order valence-corrected chi connectivity index (χ4v) is 2.50. The van der Waals surface area contributed by atoms with Crippen LogP contribution in [0.5, 0.6) is 0 Å². The minimum atomic E-state index is -0.371. The number of pyridine rings is 1. The van der Waals surface area contributed by atoms with E-state index in [1.54, 1.807) is 0 Å². The largest absolute Gasteiger partial charge is 0.322 e. The van der Waals surface area contributed by atoms with E-state index in [9.17, 15) is 14.0 Å². The van der Waals surface area contributed by atoms with Crippen molar-refractivity contribution in [2.24, 2.45) is 0 Å². The molecule has 3 aromatic rings. The molecule has 0 spiro atoms. The molecule has 0 bridgehead atoms. The van der Waals surface area contributed by atoms with Crippen LogP contribution in [-0.2, 0) is 6.54 Å². The smallest absolute Gasteiger partial charge is 0.257 e. The number of halogens is 1. The Hall–Kier alpha value is -3.21. The number of aromatic nitrogens is 1. The summed E-state index contributed by atoms with van der Waals surface area (Å²) >= 11 is 0. The molecule has 25 heavy (non-hydrogen) atoms. The van der Waals surface area contributed by atoms with E-state index in [0.717, 1.165) is 11.1 Å². The van der Waals surface area contributed by atoms with Gasteiger partial charge in [-0.2, -0.15) is 0 Å². The van der Waals surface area contributed by atoms with Crippen LogP contribution in [0.4, 0.5) is 10.1 Å². The quantitative estimate of drug-likeness (QED) is 0.791. The molecule has 0 unspecified atom stereocenters. The van der Waals surface area contributed by atoms with Gasteiger partial charge in [0.15, 0.2) is 0 Å². The molecule has 0 aliphatic carbocycles. The van der Waals surface area contributed by atoms with E-state index in [1.165, 1.54) is 47.2 Å². The Morgan fingerprint density at radius 2 is 1.76 bits per heavy atom. The summed E-state index contributed by atoms with van der Waals surface area (Å²) < 4.78 is 14.4. The normalized spacial score (nSPS) is 10.5. The monoisotopic (exact) mass is 336 g/mol. The Kier molecular flexibility index (Phi) is 4.75. The molecule has 0 saturated carbocycles. The van der Waals surface area contributed by atoms with Crippen LogP contribution in [0.3, 0.4) is 0 Å². The van der Waals surface area contributed by atoms with Crippen LogP contribution in [0.25, 0.3) is 0 Å². The van der Waals surface area contributed by atoms with E-state index in [1.807, 2.05) is 31.2 Å². The number of carbonyl (C=O) groups is 1. The summed E-state index contributed by atoms with van der Waals surface area (Å²) in [5.74, 6) is -0.727. The maximum absolute atomic E-state index is 12.9. The molecule has 0 saturated heterocycles. The number of aryl methyl sites for hydroxylation is 1. The van der Waals surface area contributed by atoms with E-state index in [0.29, 0.717) is 17.8 Å². The number of benzene rings is 2. The van der Waals surface area contributed by atoms with Gasteiger partial charge in [0, 0.05) is 18.0 Å². The number of amides is 1. The van der Waals surface area contributed by atoms with Crippen molar-refractivity contribution in [3.05, 3.63) is 99.7 Å². The van der Waals surface area contributed by atoms with Crippen LogP contribution >= 0.6 is 0 Å². The van der Waals surface area contributed by atoms with Crippen molar-refractivity contribution < 1.29 is 9.18 Å². The van der Waals surface area contributed by atoms with Gasteiger partial charge < -0.3 is 9.88 Å². The lowest BCUT2D eigenvalue weighted by Crippen LogP contribution is -2.22. The van der Waals surface area contributed by atoms with Gasteiger partial charge in [-0.05, 0) is 48.4 Å². The molecular weight excluding hydrogens is 319 g/mol. The molecular formula is C20H17FN2O2. The molecule has 3 rings (SSSR count). The van der Waals surface area contributed by atoms with Crippen molar-refractivity contribution in [3.63, 3.8) is 0 Å². The highest BCUT2D eigenvalue weighted by molar-refractivity contribution is 6.04. The molecule has 5 heteroatoms. The molecule has 0 fully saturated rings. The van der Waals surface area contributed by atoms with E-state index in [2.05, 4.69) is 5.32 Å². The molecule has 1 aromatic heterocycles. The maximum Gasteiger partial charge on any atom is 0.257 e. The van der Waals surface area contributed by atoms with Gasteiger partial charge in [-0.1, -0.05) is 24.3 Å². The van der Waals surface area contributed by atoms with Crippen molar-refractivity contribution in [1.82, 2.24) is 4.57 Å². The van der Waals surface area contributed by atoms with Crippen LogP contribution in [0.15, 0.2) is 71.7 Å². The standard InChI is InChI=1S/C20H17FN2O2/c1-14-4-2-3-5-15(14)12-23-13-16(6-11-19(23)24)20(25)22-18-9-7-17(21)8-10-18/h2-11,13H,12H2,1H3,(H,22,25). The lowest BCUT2D eigenvalue weighted by atomic mass is 10.1. The van der Waals surface area contributed by atoms with Crippen LogP contribution in [0.2, 0.25) is 0 Å². The SMILES string of the molecule is Cc1ccccc1Cn1cc(C(=O)Nc2ccc(F)cc2)ccc1=O. The molecule has 0 radical (unpaired) electrons. The first kappa shape index (κ1) is 16.6. The average Bonchev–Trinajstić information content (AvgIpc) is 2.60. The number of rotatable bonds is 4. The predicted molar refractivity (Wildman–Crippen MR) is 95.3 cm³/mol. The number of nitrogens with one attached hydrogen (secondary N) is 1. The minimum Gasteiger partial charge on any atom is -0.322 e. The van der Waals surface area contributed by atoms with Gasteiger partial charge in [0.05, 0.1) is 12.1 Å². The highest BCUT2D eigenvalue weighted by Crippen LogP contribution is 2.11. The van der Waals surface area contributed by atoms with Crippen molar-refractivity contribution in [1.29, 1.82) is 0 Å². The molecule has 1 amide bonds. The highest BCUT2D eigenvalue weighted by atomic mass is 19.1. The van der Waals surface area contributed by atoms with Crippen LogP contribution < -0.4 is 10.9 Å². The fraction of sp³-hybridized carbons (Fsp3) is 0.100. The fourth-order valence-electron chi connectivity index (χ4n) is 2.50. The zero-order valence-corrected chi connectivity index (χ0v) is 13.7. The number of hydrogen-bond donors (Lipinski definition) is 1. The molecule has 4 nitrogen and oxygen atoms in total. The Bertz CT molecular complexity index is 962. The second-order valence-corrected chi connectivity index (χ2v) is 5.77. The molecule has 0 atom stereocenters. The molecule has 126 valence electrons. The number of carbonyl (C=O) groups excluding carboxylic acids is 1. The zero-order chi connectivity index (χ0) is 17.8. The number of anilines is 1. The topological polar surface area (TPSA) is 51.1 Å². The third-order valence-corrected chi connectivity index (χ3v) is 3.95. The third-order valence-electron chi connectivity index (χ3n) is 3.95. The Morgan fingerprint density at radius 1 is 1.04 bits per heavy atom. The Morgan fingerprint density at radius 3 is 2.48 bits per heavy atom. The van der Waals surface area contributed by atoms with E-state index >= 15 is 0 Å². The van der Waals surface area contributed by atoms with Gasteiger partial charge in [-0.15, -0.1) is 0 Å². The summed E-state index contributed by atoms with van der Waals surface area (Å²) in [6.07, 6.45) is 1.54. The van der Waals surface area contributed by atoms with Gasteiger partial charge in [-0.3, -0.25) is 9.59 Å². The first-order valence-electron chi connectivity index (χ1n) is 7.85.